The van der Waals surface area contributed by atoms with Gasteiger partial charge in [0.1, 0.15) is 5.75 Å². The summed E-state index contributed by atoms with van der Waals surface area (Å²) in [6, 6.07) is 6.16. The third-order valence-electron chi connectivity index (χ3n) is 2.53. The van der Waals surface area contributed by atoms with Crippen LogP contribution in [0.1, 0.15) is 19.4 Å². The van der Waals surface area contributed by atoms with E-state index in [1.807, 2.05) is 19.1 Å². The molecule has 1 unspecified atom stereocenters. The topological polar surface area (TPSA) is 47.3 Å². The lowest BCUT2D eigenvalue weighted by Gasteiger charge is -2.13. The van der Waals surface area contributed by atoms with E-state index in [1.54, 1.807) is 0 Å². The highest BCUT2D eigenvalue weighted by Crippen LogP contribution is 2.21. The Morgan fingerprint density at radius 1 is 1.44 bits per heavy atom. The lowest BCUT2D eigenvalue weighted by Crippen LogP contribution is -2.19. The molecule has 0 aliphatic heterocycles. The minimum absolute atomic E-state index is 0.492. The second-order valence-electron chi connectivity index (χ2n) is 4.14. The van der Waals surface area contributed by atoms with Crippen LogP contribution in [0.2, 0.25) is 0 Å². The molecule has 0 heterocycles. The number of rotatable bonds is 6. The van der Waals surface area contributed by atoms with Gasteiger partial charge in [-0.3, -0.25) is 0 Å². The molecule has 1 rings (SSSR count). The normalized spacial score (nSPS) is 12.2. The van der Waals surface area contributed by atoms with Crippen molar-refractivity contribution in [2.24, 2.45) is 11.7 Å². The highest BCUT2D eigenvalue weighted by atomic mass is 16.5. The summed E-state index contributed by atoms with van der Waals surface area (Å²) in [6.45, 7) is 8.51. The number of anilines is 1. The third kappa shape index (κ3) is 3.74. The van der Waals surface area contributed by atoms with Crippen LogP contribution in [0.4, 0.5) is 5.69 Å². The monoisotopic (exact) mass is 222 g/mol. The molecule has 0 saturated heterocycles. The van der Waals surface area contributed by atoms with Crippen molar-refractivity contribution in [2.75, 3.05) is 25.0 Å². The van der Waals surface area contributed by atoms with E-state index in [1.165, 1.54) is 0 Å². The van der Waals surface area contributed by atoms with Gasteiger partial charge in [0.05, 0.1) is 6.61 Å². The van der Waals surface area contributed by atoms with E-state index in [-0.39, 0.29) is 0 Å². The summed E-state index contributed by atoms with van der Waals surface area (Å²) in [5, 5.41) is 3.37. The molecule has 1 atom stereocenters. The molecule has 3 heteroatoms. The maximum Gasteiger partial charge on any atom is 0.122 e. The van der Waals surface area contributed by atoms with Gasteiger partial charge in [0.15, 0.2) is 0 Å². The summed E-state index contributed by atoms with van der Waals surface area (Å²) in [5.41, 5.74) is 7.86. The van der Waals surface area contributed by atoms with E-state index in [9.17, 15) is 0 Å². The van der Waals surface area contributed by atoms with Gasteiger partial charge in [-0.15, -0.1) is 0 Å². The van der Waals surface area contributed by atoms with Crippen LogP contribution in [0.5, 0.6) is 5.75 Å². The molecule has 16 heavy (non-hydrogen) atoms. The number of benzene rings is 1. The van der Waals surface area contributed by atoms with Crippen molar-refractivity contribution in [2.45, 2.75) is 20.8 Å². The predicted molar refractivity (Wildman–Crippen MR) is 69.1 cm³/mol. The van der Waals surface area contributed by atoms with E-state index in [0.29, 0.717) is 19.1 Å². The Labute approximate surface area is 98.0 Å². The molecule has 3 N–H and O–H groups in total. The summed E-state index contributed by atoms with van der Waals surface area (Å²) >= 11 is 0. The first-order valence-electron chi connectivity index (χ1n) is 5.84. The van der Waals surface area contributed by atoms with Crippen LogP contribution >= 0.6 is 0 Å². The second-order valence-corrected chi connectivity index (χ2v) is 4.14. The van der Waals surface area contributed by atoms with Crippen molar-refractivity contribution < 1.29 is 4.74 Å². The quantitative estimate of drug-likeness (QED) is 0.777. The van der Waals surface area contributed by atoms with Gasteiger partial charge < -0.3 is 15.8 Å². The molecule has 0 saturated carbocycles. The second kappa shape index (κ2) is 6.38. The fourth-order valence-electron chi connectivity index (χ4n) is 1.45. The summed E-state index contributed by atoms with van der Waals surface area (Å²) < 4.78 is 5.49. The number of hydrogen-bond donors (Lipinski definition) is 2. The fourth-order valence-corrected chi connectivity index (χ4v) is 1.45. The number of aryl methyl sites for hydroxylation is 1. The molecule has 0 spiro atoms. The largest absolute Gasteiger partial charge is 0.494 e. The standard InChI is InChI=1S/C13H22N2O/c1-4-16-13-6-5-12(7-11(13)3)15-9-10(2)8-14/h5-7,10,15H,4,8-9,14H2,1-3H3. The summed E-state index contributed by atoms with van der Waals surface area (Å²) in [7, 11) is 0. The van der Waals surface area contributed by atoms with Crippen LogP contribution in [0.3, 0.4) is 0 Å². The Morgan fingerprint density at radius 3 is 2.75 bits per heavy atom. The lowest BCUT2D eigenvalue weighted by molar-refractivity contribution is 0.338. The van der Waals surface area contributed by atoms with Gasteiger partial charge in [-0.25, -0.2) is 0 Å². The van der Waals surface area contributed by atoms with E-state index in [4.69, 9.17) is 10.5 Å². The van der Waals surface area contributed by atoms with Crippen LogP contribution in [-0.2, 0) is 0 Å². The smallest absolute Gasteiger partial charge is 0.122 e. The zero-order valence-corrected chi connectivity index (χ0v) is 10.4. The fraction of sp³-hybridized carbons (Fsp3) is 0.538. The number of hydrogen-bond acceptors (Lipinski definition) is 3. The molecule has 0 aliphatic rings. The Morgan fingerprint density at radius 2 is 2.19 bits per heavy atom. The molecule has 3 nitrogen and oxygen atoms in total. The van der Waals surface area contributed by atoms with Crippen molar-refractivity contribution in [3.05, 3.63) is 23.8 Å². The van der Waals surface area contributed by atoms with E-state index >= 15 is 0 Å². The maximum absolute atomic E-state index is 5.57. The predicted octanol–water partition coefficient (Wildman–Crippen LogP) is 2.40. The third-order valence-corrected chi connectivity index (χ3v) is 2.53. The molecule has 0 bridgehead atoms. The highest BCUT2D eigenvalue weighted by molar-refractivity contribution is 5.50. The first kappa shape index (κ1) is 12.8. The van der Waals surface area contributed by atoms with Crippen molar-refractivity contribution in [3.8, 4) is 5.75 Å². The van der Waals surface area contributed by atoms with Crippen LogP contribution < -0.4 is 15.8 Å². The molecular formula is C13H22N2O. The minimum atomic E-state index is 0.492. The van der Waals surface area contributed by atoms with Crippen molar-refractivity contribution in [1.29, 1.82) is 0 Å². The number of ether oxygens (including phenoxy) is 1. The Balaban J connectivity index is 2.59. The first-order chi connectivity index (χ1) is 7.67. The lowest BCUT2D eigenvalue weighted by atomic mass is 10.1. The van der Waals surface area contributed by atoms with Gasteiger partial charge in [0, 0.05) is 12.2 Å². The molecule has 0 aromatic heterocycles. The van der Waals surface area contributed by atoms with Crippen molar-refractivity contribution in [3.63, 3.8) is 0 Å². The van der Waals surface area contributed by atoms with E-state index < -0.39 is 0 Å². The Hall–Kier alpha value is -1.22. The molecule has 0 fully saturated rings. The highest BCUT2D eigenvalue weighted by Gasteiger charge is 2.02. The molecular weight excluding hydrogens is 200 g/mol. The van der Waals surface area contributed by atoms with E-state index in [2.05, 4.69) is 25.2 Å². The van der Waals surface area contributed by atoms with Gasteiger partial charge in [0.2, 0.25) is 0 Å². The maximum atomic E-state index is 5.57. The molecule has 1 aromatic rings. The van der Waals surface area contributed by atoms with Crippen molar-refractivity contribution in [1.82, 2.24) is 0 Å². The van der Waals surface area contributed by atoms with Gasteiger partial charge in [-0.2, -0.15) is 0 Å². The zero-order chi connectivity index (χ0) is 12.0. The summed E-state index contributed by atoms with van der Waals surface area (Å²) in [4.78, 5) is 0. The number of nitrogens with two attached hydrogens (primary N) is 1. The first-order valence-corrected chi connectivity index (χ1v) is 5.84. The molecule has 0 aliphatic carbocycles. The Kier molecular flexibility index (Phi) is 5.12. The average molecular weight is 222 g/mol. The van der Waals surface area contributed by atoms with Crippen LogP contribution in [-0.4, -0.2) is 19.7 Å². The zero-order valence-electron chi connectivity index (χ0n) is 10.4. The van der Waals surface area contributed by atoms with Crippen LogP contribution in [0, 0.1) is 12.8 Å². The number of nitrogens with one attached hydrogen (secondary N) is 1. The molecule has 0 radical (unpaired) electrons. The summed E-state index contributed by atoms with van der Waals surface area (Å²) in [5.74, 6) is 1.45. The van der Waals surface area contributed by atoms with Gasteiger partial charge in [-0.1, -0.05) is 6.92 Å². The van der Waals surface area contributed by atoms with Gasteiger partial charge in [0.25, 0.3) is 0 Å². The summed E-state index contributed by atoms with van der Waals surface area (Å²) in [6.07, 6.45) is 0. The molecule has 1 aromatic carbocycles. The molecule has 0 amide bonds. The Bertz CT molecular complexity index is 326. The molecule has 90 valence electrons. The van der Waals surface area contributed by atoms with Crippen LogP contribution in [0.15, 0.2) is 18.2 Å². The average Bonchev–Trinajstić information content (AvgIpc) is 2.29. The van der Waals surface area contributed by atoms with Gasteiger partial charge in [-0.05, 0) is 50.1 Å². The van der Waals surface area contributed by atoms with E-state index in [0.717, 1.165) is 23.5 Å². The van der Waals surface area contributed by atoms with Gasteiger partial charge >= 0.3 is 0 Å². The van der Waals surface area contributed by atoms with Crippen LogP contribution in [0.25, 0.3) is 0 Å². The minimum Gasteiger partial charge on any atom is -0.494 e. The van der Waals surface area contributed by atoms with Crippen molar-refractivity contribution >= 4 is 5.69 Å². The SMILES string of the molecule is CCOc1ccc(NCC(C)CN)cc1C.